The number of carbonyl (C=O) groups excluding carboxylic acids is 1. The smallest absolute Gasteiger partial charge is 0.350 e. The Labute approximate surface area is 223 Å². The van der Waals surface area contributed by atoms with Gasteiger partial charge in [-0.3, -0.25) is 10.1 Å². The van der Waals surface area contributed by atoms with Gasteiger partial charge in [-0.25, -0.2) is 4.79 Å². The lowest BCUT2D eigenvalue weighted by Gasteiger charge is -2.27. The minimum atomic E-state index is -0.890. The van der Waals surface area contributed by atoms with E-state index >= 15 is 0 Å². The van der Waals surface area contributed by atoms with Crippen molar-refractivity contribution in [3.05, 3.63) is 141 Å². The number of nitro benzene ring substituents is 1. The van der Waals surface area contributed by atoms with Crippen molar-refractivity contribution in [3.63, 3.8) is 0 Å². The zero-order valence-electron chi connectivity index (χ0n) is 20.4. The summed E-state index contributed by atoms with van der Waals surface area (Å²) < 4.78 is 17.1. The van der Waals surface area contributed by atoms with E-state index in [1.165, 1.54) is 36.4 Å². The fourth-order valence-electron chi connectivity index (χ4n) is 4.33. The average molecular weight is 520 g/mol. The molecule has 1 atom stereocenters. The minimum Gasteiger partial charge on any atom is -0.489 e. The second-order valence-electron chi connectivity index (χ2n) is 8.63. The monoisotopic (exact) mass is 519 g/mol. The molecule has 4 aromatic carbocycles. The Bertz CT molecular complexity index is 1640. The van der Waals surface area contributed by atoms with E-state index in [0.717, 1.165) is 11.1 Å². The van der Waals surface area contributed by atoms with Crippen molar-refractivity contribution in [1.29, 1.82) is 5.26 Å². The molecule has 1 unspecified atom stereocenters. The fourth-order valence-corrected chi connectivity index (χ4v) is 4.33. The van der Waals surface area contributed by atoms with E-state index in [4.69, 9.17) is 19.9 Å². The van der Waals surface area contributed by atoms with Crippen LogP contribution in [0.15, 0.2) is 109 Å². The first-order valence-corrected chi connectivity index (χ1v) is 11.9. The first-order chi connectivity index (χ1) is 18.9. The van der Waals surface area contributed by atoms with Crippen LogP contribution >= 0.6 is 0 Å². The predicted octanol–water partition coefficient (Wildman–Crippen LogP) is 5.61. The highest BCUT2D eigenvalue weighted by Gasteiger charge is 2.31. The third-order valence-corrected chi connectivity index (χ3v) is 6.16. The Morgan fingerprint density at radius 3 is 2.51 bits per heavy atom. The Hall–Kier alpha value is -5.62. The molecule has 1 aliphatic rings. The summed E-state index contributed by atoms with van der Waals surface area (Å²) >= 11 is 0. The molecule has 2 N–H and O–H groups in total. The van der Waals surface area contributed by atoms with Gasteiger partial charge in [-0.05, 0) is 35.4 Å². The highest BCUT2D eigenvalue weighted by molar-refractivity contribution is 5.95. The van der Waals surface area contributed by atoms with Gasteiger partial charge in [0.15, 0.2) is 0 Å². The summed E-state index contributed by atoms with van der Waals surface area (Å²) in [5.74, 6) is -0.509. The van der Waals surface area contributed by atoms with Gasteiger partial charge < -0.3 is 19.9 Å². The van der Waals surface area contributed by atoms with Gasteiger partial charge in [-0.1, -0.05) is 60.7 Å². The number of fused-ring (bicyclic) bond motifs is 1. The summed E-state index contributed by atoms with van der Waals surface area (Å²) in [7, 11) is 0. The topological polar surface area (TPSA) is 138 Å². The lowest BCUT2D eigenvalue weighted by Crippen LogP contribution is -2.21. The number of allylic oxidation sites excluding steroid dienone is 1. The van der Waals surface area contributed by atoms with E-state index in [2.05, 4.69) is 6.07 Å². The molecule has 192 valence electrons. The number of carbonyl (C=O) groups is 1. The molecule has 0 spiro atoms. The molecule has 1 aliphatic heterocycles. The van der Waals surface area contributed by atoms with Gasteiger partial charge in [-0.15, -0.1) is 0 Å². The van der Waals surface area contributed by atoms with Crippen molar-refractivity contribution in [2.24, 2.45) is 5.73 Å². The van der Waals surface area contributed by atoms with Crippen LogP contribution in [0.25, 0.3) is 0 Å². The van der Waals surface area contributed by atoms with Crippen molar-refractivity contribution in [2.45, 2.75) is 12.5 Å². The van der Waals surface area contributed by atoms with Crippen molar-refractivity contribution in [3.8, 4) is 23.3 Å². The van der Waals surface area contributed by atoms with E-state index in [9.17, 15) is 20.2 Å². The molecule has 0 amide bonds. The molecule has 1 heterocycles. The summed E-state index contributed by atoms with van der Waals surface area (Å²) in [5.41, 5.74) is 8.21. The van der Waals surface area contributed by atoms with Crippen molar-refractivity contribution < 1.29 is 23.9 Å². The van der Waals surface area contributed by atoms with Crippen LogP contribution in [0.2, 0.25) is 0 Å². The molecule has 0 fully saturated rings. The van der Waals surface area contributed by atoms with Crippen LogP contribution in [-0.2, 0) is 6.61 Å². The zero-order valence-corrected chi connectivity index (χ0v) is 20.4. The number of nitrogens with zero attached hydrogens (tertiary/aromatic N) is 2. The number of nitriles is 1. The summed E-state index contributed by atoms with van der Waals surface area (Å²) in [4.78, 5) is 23.3. The van der Waals surface area contributed by atoms with E-state index < -0.39 is 16.8 Å². The van der Waals surface area contributed by atoms with Crippen molar-refractivity contribution >= 4 is 11.7 Å². The van der Waals surface area contributed by atoms with E-state index in [0.29, 0.717) is 23.7 Å². The summed E-state index contributed by atoms with van der Waals surface area (Å²) in [6, 6.07) is 29.5. The predicted molar refractivity (Wildman–Crippen MR) is 141 cm³/mol. The standard InChI is InChI=1S/C30H21N3O6/c31-17-25-28(20-9-6-10-21(15-20)37-18-19-7-2-1-3-8-19)24-14-13-22(16-27(24)39-29(25)32)38-30(34)23-11-4-5-12-26(23)33(35)36/h1-16,28H,18,32H2. The van der Waals surface area contributed by atoms with Crippen LogP contribution in [0, 0.1) is 21.4 Å². The molecule has 5 rings (SSSR count). The Morgan fingerprint density at radius 2 is 1.74 bits per heavy atom. The van der Waals surface area contributed by atoms with Crippen LogP contribution in [0.3, 0.4) is 0 Å². The van der Waals surface area contributed by atoms with E-state index in [1.807, 2.05) is 54.6 Å². The van der Waals surface area contributed by atoms with Crippen molar-refractivity contribution in [1.82, 2.24) is 0 Å². The molecule has 0 radical (unpaired) electrons. The average Bonchev–Trinajstić information content (AvgIpc) is 2.96. The lowest BCUT2D eigenvalue weighted by molar-refractivity contribution is -0.385. The first-order valence-electron chi connectivity index (χ1n) is 11.9. The number of rotatable bonds is 7. The van der Waals surface area contributed by atoms with Gasteiger partial charge in [0, 0.05) is 17.7 Å². The number of nitrogens with two attached hydrogens (primary N) is 1. The molecular weight excluding hydrogens is 498 g/mol. The highest BCUT2D eigenvalue weighted by atomic mass is 16.6. The van der Waals surface area contributed by atoms with Crippen LogP contribution in [0.4, 0.5) is 5.69 Å². The molecule has 0 aliphatic carbocycles. The number of hydrogen-bond acceptors (Lipinski definition) is 8. The largest absolute Gasteiger partial charge is 0.489 e. The number of hydrogen-bond donors (Lipinski definition) is 1. The molecule has 4 aromatic rings. The summed E-state index contributed by atoms with van der Waals surface area (Å²) in [5, 5.41) is 21.2. The van der Waals surface area contributed by atoms with Gasteiger partial charge >= 0.3 is 5.97 Å². The minimum absolute atomic E-state index is 0.0761. The normalized spacial score (nSPS) is 14.0. The van der Waals surface area contributed by atoms with Crippen LogP contribution in [0.1, 0.15) is 33.0 Å². The first kappa shape index (κ1) is 25.0. The molecular formula is C30H21N3O6. The van der Waals surface area contributed by atoms with Gasteiger partial charge in [0.05, 0.1) is 10.8 Å². The second kappa shape index (κ2) is 10.8. The molecule has 0 saturated carbocycles. The third kappa shape index (κ3) is 5.26. The number of ether oxygens (including phenoxy) is 3. The second-order valence-corrected chi connectivity index (χ2v) is 8.63. The summed E-state index contributed by atoms with van der Waals surface area (Å²) in [6.07, 6.45) is 0. The maximum atomic E-state index is 12.7. The van der Waals surface area contributed by atoms with Gasteiger partial charge in [-0.2, -0.15) is 5.26 Å². The molecule has 0 aromatic heterocycles. The Morgan fingerprint density at radius 1 is 0.974 bits per heavy atom. The summed E-state index contributed by atoms with van der Waals surface area (Å²) in [6.45, 7) is 0.381. The highest BCUT2D eigenvalue weighted by Crippen LogP contribution is 2.44. The van der Waals surface area contributed by atoms with Crippen molar-refractivity contribution in [2.75, 3.05) is 0 Å². The van der Waals surface area contributed by atoms with Crippen LogP contribution in [-0.4, -0.2) is 10.9 Å². The third-order valence-electron chi connectivity index (χ3n) is 6.16. The number of esters is 1. The van der Waals surface area contributed by atoms with E-state index in [-0.39, 0.29) is 28.5 Å². The molecule has 0 saturated heterocycles. The SMILES string of the molecule is N#CC1=C(N)Oc2cc(OC(=O)c3ccccc3[N+](=O)[O-])ccc2C1c1cccc(OCc2ccccc2)c1. The van der Waals surface area contributed by atoms with Gasteiger partial charge in [0.1, 0.15) is 41.1 Å². The zero-order chi connectivity index (χ0) is 27.4. The maximum absolute atomic E-state index is 12.7. The number of para-hydroxylation sites is 1. The number of nitro groups is 1. The Kier molecular flexibility index (Phi) is 6.92. The van der Waals surface area contributed by atoms with Gasteiger partial charge in [0.25, 0.3) is 5.69 Å². The molecule has 9 nitrogen and oxygen atoms in total. The molecule has 39 heavy (non-hydrogen) atoms. The van der Waals surface area contributed by atoms with Crippen LogP contribution in [0.5, 0.6) is 17.2 Å². The quantitative estimate of drug-likeness (QED) is 0.144. The lowest BCUT2D eigenvalue weighted by atomic mass is 9.83. The van der Waals surface area contributed by atoms with Crippen LogP contribution < -0.4 is 19.9 Å². The maximum Gasteiger partial charge on any atom is 0.350 e. The Balaban J connectivity index is 1.43. The molecule has 9 heteroatoms. The number of benzene rings is 4. The van der Waals surface area contributed by atoms with Gasteiger partial charge in [0.2, 0.25) is 5.88 Å². The van der Waals surface area contributed by atoms with E-state index in [1.54, 1.807) is 6.07 Å². The molecule has 0 bridgehead atoms. The fraction of sp³-hybridized carbons (Fsp3) is 0.0667.